The topological polar surface area (TPSA) is 88.2 Å². The lowest BCUT2D eigenvalue weighted by Gasteiger charge is -2.32. The summed E-state index contributed by atoms with van der Waals surface area (Å²) in [5.41, 5.74) is 1.92. The average Bonchev–Trinajstić information content (AvgIpc) is 3.55. The van der Waals surface area contributed by atoms with Gasteiger partial charge in [-0.25, -0.2) is 4.79 Å². The second-order valence-corrected chi connectivity index (χ2v) is 9.81. The molecule has 0 unspecified atom stereocenters. The summed E-state index contributed by atoms with van der Waals surface area (Å²) in [6, 6.07) is 7.42. The number of benzene rings is 1. The van der Waals surface area contributed by atoms with E-state index in [1.807, 2.05) is 34.5 Å². The molecule has 8 nitrogen and oxygen atoms in total. The first-order chi connectivity index (χ1) is 17.0. The number of esters is 1. The predicted molar refractivity (Wildman–Crippen MR) is 136 cm³/mol. The number of ether oxygens (including phenoxy) is 2. The molecule has 0 bridgehead atoms. The molecule has 0 aliphatic carbocycles. The zero-order chi connectivity index (χ0) is 24.8. The number of anilines is 1. The SMILES string of the molecule is CCOC(=O)c1c(-c2ccc(OC)cc2)csc1NC(=O)CN1CCC(C(=O)N2CCCC2)CC1. The average molecular weight is 500 g/mol. The summed E-state index contributed by atoms with van der Waals surface area (Å²) in [6.07, 6.45) is 3.75. The number of amides is 2. The van der Waals surface area contributed by atoms with Crippen molar-refractivity contribution in [2.24, 2.45) is 5.92 Å². The number of nitrogens with zero attached hydrogens (tertiary/aromatic N) is 2. The molecule has 0 atom stereocenters. The number of carbonyl (C=O) groups is 3. The van der Waals surface area contributed by atoms with Gasteiger partial charge in [0.15, 0.2) is 0 Å². The van der Waals surface area contributed by atoms with Gasteiger partial charge in [-0.1, -0.05) is 12.1 Å². The zero-order valence-electron chi connectivity index (χ0n) is 20.4. The van der Waals surface area contributed by atoms with E-state index in [0.717, 1.165) is 50.1 Å². The highest BCUT2D eigenvalue weighted by atomic mass is 32.1. The highest BCUT2D eigenvalue weighted by molar-refractivity contribution is 7.15. The van der Waals surface area contributed by atoms with Gasteiger partial charge in [0.25, 0.3) is 0 Å². The number of hydrogen-bond donors (Lipinski definition) is 1. The summed E-state index contributed by atoms with van der Waals surface area (Å²) in [5, 5.41) is 5.27. The summed E-state index contributed by atoms with van der Waals surface area (Å²) in [6.45, 7) is 5.41. The molecule has 1 aromatic heterocycles. The van der Waals surface area contributed by atoms with Crippen LogP contribution in [0.3, 0.4) is 0 Å². The summed E-state index contributed by atoms with van der Waals surface area (Å²) in [4.78, 5) is 42.4. The Labute approximate surface area is 210 Å². The zero-order valence-corrected chi connectivity index (χ0v) is 21.2. The van der Waals surface area contributed by atoms with Gasteiger partial charge < -0.3 is 19.7 Å². The molecule has 2 aliphatic rings. The van der Waals surface area contributed by atoms with Crippen LogP contribution in [0.15, 0.2) is 29.6 Å². The molecule has 2 amide bonds. The Morgan fingerprint density at radius 3 is 2.37 bits per heavy atom. The van der Waals surface area contributed by atoms with Crippen molar-refractivity contribution in [3.05, 3.63) is 35.2 Å². The lowest BCUT2D eigenvalue weighted by molar-refractivity contribution is -0.136. The molecule has 188 valence electrons. The Morgan fingerprint density at radius 2 is 1.74 bits per heavy atom. The number of thiophene rings is 1. The van der Waals surface area contributed by atoms with E-state index in [1.54, 1.807) is 14.0 Å². The van der Waals surface area contributed by atoms with Crippen LogP contribution in [0.4, 0.5) is 5.00 Å². The summed E-state index contributed by atoms with van der Waals surface area (Å²) >= 11 is 1.31. The highest BCUT2D eigenvalue weighted by Gasteiger charge is 2.30. The van der Waals surface area contributed by atoms with E-state index in [1.165, 1.54) is 11.3 Å². The minimum Gasteiger partial charge on any atom is -0.497 e. The molecule has 2 fully saturated rings. The summed E-state index contributed by atoms with van der Waals surface area (Å²) < 4.78 is 10.5. The van der Waals surface area contributed by atoms with E-state index in [0.29, 0.717) is 29.2 Å². The third-order valence-electron chi connectivity index (χ3n) is 6.65. The van der Waals surface area contributed by atoms with E-state index in [-0.39, 0.29) is 30.9 Å². The summed E-state index contributed by atoms with van der Waals surface area (Å²) in [7, 11) is 1.60. The maximum absolute atomic E-state index is 12.9. The molecule has 3 heterocycles. The predicted octanol–water partition coefficient (Wildman–Crippen LogP) is 3.87. The van der Waals surface area contributed by atoms with Gasteiger partial charge in [-0.2, -0.15) is 0 Å². The lowest BCUT2D eigenvalue weighted by Crippen LogP contribution is -2.43. The molecule has 9 heteroatoms. The fraction of sp³-hybridized carbons (Fsp3) is 0.500. The van der Waals surface area contributed by atoms with E-state index in [2.05, 4.69) is 10.2 Å². The lowest BCUT2D eigenvalue weighted by atomic mass is 9.95. The first kappa shape index (κ1) is 25.2. The molecule has 0 radical (unpaired) electrons. The Hall–Kier alpha value is -2.91. The standard InChI is InChI=1S/C26H33N3O5S/c1-3-34-26(32)23-21(18-6-8-20(33-2)9-7-18)17-35-24(23)27-22(30)16-28-14-10-19(11-15-28)25(31)29-12-4-5-13-29/h6-9,17,19H,3-5,10-16H2,1-2H3,(H,27,30). The number of rotatable bonds is 8. The van der Waals surface area contributed by atoms with Gasteiger partial charge in [0.05, 0.1) is 20.3 Å². The maximum Gasteiger partial charge on any atom is 0.341 e. The van der Waals surface area contributed by atoms with Crippen molar-refractivity contribution in [2.75, 3.05) is 51.8 Å². The Kier molecular flexibility index (Phi) is 8.41. The molecule has 0 spiro atoms. The molecule has 2 aliphatic heterocycles. The van der Waals surface area contributed by atoms with Gasteiger partial charge in [0, 0.05) is 30.0 Å². The van der Waals surface area contributed by atoms with Gasteiger partial charge in [0.2, 0.25) is 11.8 Å². The van der Waals surface area contributed by atoms with Crippen LogP contribution in [-0.2, 0) is 14.3 Å². The Bertz CT molecular complexity index is 1040. The fourth-order valence-corrected chi connectivity index (χ4v) is 5.72. The van der Waals surface area contributed by atoms with Crippen LogP contribution >= 0.6 is 11.3 Å². The van der Waals surface area contributed by atoms with Crippen LogP contribution in [0.5, 0.6) is 5.75 Å². The molecular weight excluding hydrogens is 466 g/mol. The van der Waals surface area contributed by atoms with Gasteiger partial charge in [-0.3, -0.25) is 14.5 Å². The normalized spacial score (nSPS) is 16.8. The van der Waals surface area contributed by atoms with Crippen LogP contribution in [0.1, 0.15) is 43.0 Å². The fourth-order valence-electron chi connectivity index (χ4n) is 4.74. The molecule has 2 saturated heterocycles. The molecule has 1 N–H and O–H groups in total. The molecule has 2 aromatic rings. The molecule has 35 heavy (non-hydrogen) atoms. The highest BCUT2D eigenvalue weighted by Crippen LogP contribution is 2.37. The Balaban J connectivity index is 1.39. The van der Waals surface area contributed by atoms with Crippen LogP contribution < -0.4 is 10.1 Å². The quantitative estimate of drug-likeness (QED) is 0.555. The van der Waals surface area contributed by atoms with Gasteiger partial charge >= 0.3 is 5.97 Å². The second-order valence-electron chi connectivity index (χ2n) is 8.93. The smallest absolute Gasteiger partial charge is 0.341 e. The third kappa shape index (κ3) is 6.02. The first-order valence-electron chi connectivity index (χ1n) is 12.2. The molecule has 1 aromatic carbocycles. The number of nitrogens with one attached hydrogen (secondary N) is 1. The van der Waals surface area contributed by atoms with Crippen molar-refractivity contribution < 1.29 is 23.9 Å². The Morgan fingerprint density at radius 1 is 1.06 bits per heavy atom. The van der Waals surface area contributed by atoms with Crippen LogP contribution in [0.2, 0.25) is 0 Å². The number of piperidine rings is 1. The third-order valence-corrected chi connectivity index (χ3v) is 7.54. The van der Waals surface area contributed by atoms with E-state index in [4.69, 9.17) is 9.47 Å². The minimum absolute atomic E-state index is 0.0622. The van der Waals surface area contributed by atoms with Crippen molar-refractivity contribution in [1.29, 1.82) is 0 Å². The van der Waals surface area contributed by atoms with Crippen LogP contribution in [0, 0.1) is 5.92 Å². The van der Waals surface area contributed by atoms with Crippen molar-refractivity contribution in [3.63, 3.8) is 0 Å². The van der Waals surface area contributed by atoms with Crippen molar-refractivity contribution >= 4 is 34.1 Å². The number of methoxy groups -OCH3 is 1. The number of carbonyl (C=O) groups excluding carboxylic acids is 3. The number of likely N-dealkylation sites (tertiary alicyclic amines) is 2. The van der Waals surface area contributed by atoms with Gasteiger partial charge in [-0.15, -0.1) is 11.3 Å². The van der Waals surface area contributed by atoms with E-state index < -0.39 is 5.97 Å². The second kappa shape index (κ2) is 11.7. The molecular formula is C26H33N3O5S. The molecule has 0 saturated carbocycles. The van der Waals surface area contributed by atoms with Crippen molar-refractivity contribution in [3.8, 4) is 16.9 Å². The monoisotopic (exact) mass is 499 g/mol. The largest absolute Gasteiger partial charge is 0.497 e. The van der Waals surface area contributed by atoms with Crippen molar-refractivity contribution in [1.82, 2.24) is 9.80 Å². The first-order valence-corrected chi connectivity index (χ1v) is 13.1. The number of hydrogen-bond acceptors (Lipinski definition) is 7. The van der Waals surface area contributed by atoms with Crippen LogP contribution in [0.25, 0.3) is 11.1 Å². The minimum atomic E-state index is -0.462. The van der Waals surface area contributed by atoms with Crippen molar-refractivity contribution in [2.45, 2.75) is 32.6 Å². The summed E-state index contributed by atoms with van der Waals surface area (Å²) in [5.74, 6) is 0.419. The van der Waals surface area contributed by atoms with E-state index >= 15 is 0 Å². The van der Waals surface area contributed by atoms with E-state index in [9.17, 15) is 14.4 Å². The molecule has 4 rings (SSSR count). The van der Waals surface area contributed by atoms with Crippen LogP contribution in [-0.4, -0.2) is 74.0 Å². The van der Waals surface area contributed by atoms with Gasteiger partial charge in [0.1, 0.15) is 16.3 Å². The van der Waals surface area contributed by atoms with Gasteiger partial charge in [-0.05, 0) is 63.4 Å². The maximum atomic E-state index is 12.9.